The summed E-state index contributed by atoms with van der Waals surface area (Å²) in [4.78, 5) is 10.3. The van der Waals surface area contributed by atoms with Crippen LogP contribution in [0.15, 0.2) is 18.2 Å². The molecule has 0 unspecified atom stereocenters. The molecular weight excluding hydrogens is 216 g/mol. The van der Waals surface area contributed by atoms with Crippen molar-refractivity contribution < 1.29 is 14.6 Å². The van der Waals surface area contributed by atoms with E-state index in [2.05, 4.69) is 0 Å². The van der Waals surface area contributed by atoms with E-state index in [1.807, 2.05) is 19.1 Å². The molecule has 0 bridgehead atoms. The number of hydrogen-bond acceptors (Lipinski definition) is 2. The highest BCUT2D eigenvalue weighted by atomic mass is 35.5. The fourth-order valence-corrected chi connectivity index (χ4v) is 1.32. The normalized spacial score (nSPS) is 10.0. The molecule has 3 nitrogen and oxygen atoms in total. The Bertz CT molecular complexity index is 350. The Kier molecular flexibility index (Phi) is 4.43. The smallest absolute Gasteiger partial charge is 0.303 e. The molecule has 0 fully saturated rings. The third kappa shape index (κ3) is 3.80. The average Bonchev–Trinajstić information content (AvgIpc) is 2.18. The molecule has 1 rings (SSSR count). The Hall–Kier alpha value is -1.22. The van der Waals surface area contributed by atoms with Crippen LogP contribution in [0.25, 0.3) is 0 Å². The van der Waals surface area contributed by atoms with Crippen molar-refractivity contribution >= 4 is 17.6 Å². The number of rotatable bonds is 5. The summed E-state index contributed by atoms with van der Waals surface area (Å²) in [5, 5.41) is 9.09. The lowest BCUT2D eigenvalue weighted by molar-refractivity contribution is -0.137. The second-order valence-corrected chi connectivity index (χ2v) is 3.62. The number of carboxylic acids is 1. The van der Waals surface area contributed by atoms with Gasteiger partial charge in [0.1, 0.15) is 5.75 Å². The maximum Gasteiger partial charge on any atom is 0.303 e. The molecule has 0 amide bonds. The molecule has 82 valence electrons. The Labute approximate surface area is 93.6 Å². The first-order chi connectivity index (χ1) is 7.11. The van der Waals surface area contributed by atoms with Gasteiger partial charge in [0, 0.05) is 17.0 Å². The van der Waals surface area contributed by atoms with Crippen LogP contribution in [-0.4, -0.2) is 17.7 Å². The number of aliphatic carboxylic acids is 1. The van der Waals surface area contributed by atoms with E-state index in [1.165, 1.54) is 0 Å². The van der Waals surface area contributed by atoms with Crippen molar-refractivity contribution in [3.05, 3.63) is 28.8 Å². The summed E-state index contributed by atoms with van der Waals surface area (Å²) in [5.41, 5.74) is 0.884. The van der Waals surface area contributed by atoms with E-state index >= 15 is 0 Å². The molecule has 1 aromatic carbocycles. The maximum absolute atomic E-state index is 10.3. The molecule has 0 spiro atoms. The molecular formula is C11H13ClO3. The zero-order valence-corrected chi connectivity index (χ0v) is 9.25. The van der Waals surface area contributed by atoms with Crippen LogP contribution in [0.3, 0.4) is 0 Å². The number of carboxylic acid groups (broad SMARTS) is 1. The number of halogens is 1. The predicted octanol–water partition coefficient (Wildman–Crippen LogP) is 2.89. The summed E-state index contributed by atoms with van der Waals surface area (Å²) < 4.78 is 5.42. The van der Waals surface area contributed by atoms with E-state index in [0.29, 0.717) is 23.8 Å². The highest BCUT2D eigenvalue weighted by Gasteiger charge is 2.03. The molecule has 15 heavy (non-hydrogen) atoms. The highest BCUT2D eigenvalue weighted by Crippen LogP contribution is 2.24. The van der Waals surface area contributed by atoms with Crippen molar-refractivity contribution in [1.29, 1.82) is 0 Å². The van der Waals surface area contributed by atoms with Crippen molar-refractivity contribution in [2.75, 3.05) is 6.61 Å². The van der Waals surface area contributed by atoms with Gasteiger partial charge in [-0.2, -0.15) is 0 Å². The fraction of sp³-hybridized carbons (Fsp3) is 0.364. The van der Waals surface area contributed by atoms with Crippen molar-refractivity contribution in [1.82, 2.24) is 0 Å². The zero-order valence-electron chi connectivity index (χ0n) is 8.50. The Morgan fingerprint density at radius 3 is 2.93 bits per heavy atom. The Morgan fingerprint density at radius 1 is 1.53 bits per heavy atom. The first-order valence-electron chi connectivity index (χ1n) is 4.71. The quantitative estimate of drug-likeness (QED) is 0.789. The van der Waals surface area contributed by atoms with Gasteiger partial charge in [-0.3, -0.25) is 4.79 Å². The Balaban J connectivity index is 2.44. The summed E-state index contributed by atoms with van der Waals surface area (Å²) in [7, 11) is 0. The van der Waals surface area contributed by atoms with E-state index in [-0.39, 0.29) is 6.42 Å². The van der Waals surface area contributed by atoms with Gasteiger partial charge in [-0.25, -0.2) is 0 Å². The van der Waals surface area contributed by atoms with Crippen LogP contribution in [0.5, 0.6) is 5.75 Å². The van der Waals surface area contributed by atoms with Crippen LogP contribution in [0, 0.1) is 6.92 Å². The molecule has 1 aromatic rings. The second kappa shape index (κ2) is 5.61. The van der Waals surface area contributed by atoms with E-state index in [9.17, 15) is 4.79 Å². The van der Waals surface area contributed by atoms with Gasteiger partial charge in [-0.1, -0.05) is 17.7 Å². The van der Waals surface area contributed by atoms with Crippen LogP contribution in [0.4, 0.5) is 0 Å². The number of benzene rings is 1. The van der Waals surface area contributed by atoms with Gasteiger partial charge in [0.05, 0.1) is 6.61 Å². The molecule has 0 aliphatic carbocycles. The maximum atomic E-state index is 10.3. The predicted molar refractivity (Wildman–Crippen MR) is 58.6 cm³/mol. The van der Waals surface area contributed by atoms with Gasteiger partial charge in [0.2, 0.25) is 0 Å². The van der Waals surface area contributed by atoms with E-state index in [1.54, 1.807) is 6.07 Å². The first kappa shape index (κ1) is 11.9. The lowest BCUT2D eigenvalue weighted by Crippen LogP contribution is -2.02. The summed E-state index contributed by atoms with van der Waals surface area (Å²) in [6.45, 7) is 2.27. The van der Waals surface area contributed by atoms with Crippen LogP contribution in [0.1, 0.15) is 18.4 Å². The fourth-order valence-electron chi connectivity index (χ4n) is 1.15. The van der Waals surface area contributed by atoms with Gasteiger partial charge in [0.25, 0.3) is 0 Å². The largest absolute Gasteiger partial charge is 0.493 e. The minimum Gasteiger partial charge on any atom is -0.493 e. The summed E-state index contributed by atoms with van der Waals surface area (Å²) in [5.74, 6) is -0.0886. The average molecular weight is 229 g/mol. The zero-order chi connectivity index (χ0) is 11.3. The molecule has 0 atom stereocenters. The molecule has 4 heteroatoms. The summed E-state index contributed by atoms with van der Waals surface area (Å²) >= 11 is 5.90. The van der Waals surface area contributed by atoms with E-state index < -0.39 is 5.97 Å². The van der Waals surface area contributed by atoms with E-state index in [0.717, 1.165) is 5.56 Å². The number of carbonyl (C=O) groups is 1. The van der Waals surface area contributed by atoms with Crippen LogP contribution >= 0.6 is 11.6 Å². The summed E-state index contributed by atoms with van der Waals surface area (Å²) in [6.07, 6.45) is 0.626. The van der Waals surface area contributed by atoms with Crippen molar-refractivity contribution in [3.8, 4) is 5.75 Å². The molecule has 0 saturated heterocycles. The lowest BCUT2D eigenvalue weighted by Gasteiger charge is -2.09. The minimum atomic E-state index is -0.804. The minimum absolute atomic E-state index is 0.125. The molecule has 0 aromatic heterocycles. The highest BCUT2D eigenvalue weighted by molar-refractivity contribution is 6.31. The standard InChI is InChI=1S/C11H13ClO3/c1-8-9(12)4-2-5-10(8)15-7-3-6-11(13)14/h2,4-5H,3,6-7H2,1H3,(H,13,14). The number of ether oxygens (including phenoxy) is 1. The second-order valence-electron chi connectivity index (χ2n) is 3.21. The van der Waals surface area contributed by atoms with Crippen molar-refractivity contribution in [2.45, 2.75) is 19.8 Å². The van der Waals surface area contributed by atoms with Gasteiger partial charge < -0.3 is 9.84 Å². The molecule has 0 aliphatic heterocycles. The van der Waals surface area contributed by atoms with Crippen molar-refractivity contribution in [3.63, 3.8) is 0 Å². The molecule has 0 aliphatic rings. The topological polar surface area (TPSA) is 46.5 Å². The SMILES string of the molecule is Cc1c(Cl)cccc1OCCCC(=O)O. The van der Waals surface area contributed by atoms with Gasteiger partial charge in [-0.05, 0) is 25.5 Å². The molecule has 1 N–H and O–H groups in total. The van der Waals surface area contributed by atoms with Gasteiger partial charge in [-0.15, -0.1) is 0 Å². The van der Waals surface area contributed by atoms with Crippen molar-refractivity contribution in [2.24, 2.45) is 0 Å². The Morgan fingerprint density at radius 2 is 2.27 bits per heavy atom. The molecule has 0 heterocycles. The monoisotopic (exact) mass is 228 g/mol. The molecule has 0 saturated carbocycles. The third-order valence-corrected chi connectivity index (χ3v) is 2.42. The third-order valence-electron chi connectivity index (χ3n) is 2.01. The van der Waals surface area contributed by atoms with Gasteiger partial charge in [0.15, 0.2) is 0 Å². The summed E-state index contributed by atoms with van der Waals surface area (Å²) in [6, 6.07) is 5.42. The van der Waals surface area contributed by atoms with Crippen LogP contribution < -0.4 is 4.74 Å². The van der Waals surface area contributed by atoms with Gasteiger partial charge >= 0.3 is 5.97 Å². The first-order valence-corrected chi connectivity index (χ1v) is 5.09. The van der Waals surface area contributed by atoms with Crippen LogP contribution in [0.2, 0.25) is 5.02 Å². The number of hydrogen-bond donors (Lipinski definition) is 1. The lowest BCUT2D eigenvalue weighted by atomic mass is 10.2. The van der Waals surface area contributed by atoms with E-state index in [4.69, 9.17) is 21.4 Å². The van der Waals surface area contributed by atoms with Crippen LogP contribution in [-0.2, 0) is 4.79 Å². The molecule has 0 radical (unpaired) electrons.